The van der Waals surface area contributed by atoms with Crippen LogP contribution in [0.2, 0.25) is 0 Å². The Hall–Kier alpha value is -1.31. The molecule has 0 amide bonds. The van der Waals surface area contributed by atoms with E-state index in [-0.39, 0.29) is 11.9 Å². The predicted octanol–water partition coefficient (Wildman–Crippen LogP) is 3.85. The Morgan fingerprint density at radius 2 is 2.06 bits per heavy atom. The molecular formula is C16H20O2. The van der Waals surface area contributed by atoms with Crippen LogP contribution in [0.25, 0.3) is 0 Å². The lowest BCUT2D eigenvalue weighted by Crippen LogP contribution is -2.36. The van der Waals surface area contributed by atoms with Crippen molar-refractivity contribution in [2.75, 3.05) is 0 Å². The molecule has 1 aliphatic heterocycles. The molecule has 3 unspecified atom stereocenters. The van der Waals surface area contributed by atoms with Crippen molar-refractivity contribution in [2.45, 2.75) is 45.1 Å². The van der Waals surface area contributed by atoms with Gasteiger partial charge in [0.05, 0.1) is 5.56 Å². The van der Waals surface area contributed by atoms with Crippen LogP contribution in [0.15, 0.2) is 24.3 Å². The largest absolute Gasteiger partial charge is 0.489 e. The number of fused-ring (bicyclic) bond motifs is 1. The molecule has 96 valence electrons. The number of ketones is 1. The van der Waals surface area contributed by atoms with Gasteiger partial charge >= 0.3 is 0 Å². The fraction of sp³-hybridized carbons (Fsp3) is 0.562. The second kappa shape index (κ2) is 4.75. The average Bonchev–Trinajstić information content (AvgIpc) is 2.39. The molecular weight excluding hydrogens is 224 g/mol. The number of Topliss-reactive ketones (excluding diaryl/α,β-unsaturated/α-hetero) is 1. The third kappa shape index (κ3) is 2.16. The van der Waals surface area contributed by atoms with E-state index in [2.05, 4.69) is 6.92 Å². The minimum Gasteiger partial charge on any atom is -0.489 e. The van der Waals surface area contributed by atoms with Crippen LogP contribution in [0, 0.1) is 11.8 Å². The summed E-state index contributed by atoms with van der Waals surface area (Å²) in [6.45, 7) is 2.31. The molecule has 2 heteroatoms. The van der Waals surface area contributed by atoms with Gasteiger partial charge in [-0.3, -0.25) is 4.79 Å². The van der Waals surface area contributed by atoms with Gasteiger partial charge in [-0.25, -0.2) is 0 Å². The van der Waals surface area contributed by atoms with Crippen molar-refractivity contribution >= 4 is 5.78 Å². The van der Waals surface area contributed by atoms with Crippen LogP contribution in [0.4, 0.5) is 0 Å². The molecule has 0 spiro atoms. The van der Waals surface area contributed by atoms with Gasteiger partial charge in [0, 0.05) is 6.42 Å². The fourth-order valence-corrected chi connectivity index (χ4v) is 3.38. The number of carbonyl (C=O) groups is 1. The molecule has 0 saturated heterocycles. The Labute approximate surface area is 108 Å². The highest BCUT2D eigenvalue weighted by Gasteiger charge is 2.34. The molecule has 1 heterocycles. The number of rotatable bonds is 1. The van der Waals surface area contributed by atoms with Gasteiger partial charge in [0.1, 0.15) is 11.9 Å². The zero-order chi connectivity index (χ0) is 12.5. The van der Waals surface area contributed by atoms with Crippen molar-refractivity contribution in [1.82, 2.24) is 0 Å². The number of benzene rings is 1. The maximum atomic E-state index is 12.1. The number of hydrogen-bond acceptors (Lipinski definition) is 2. The third-order valence-electron chi connectivity index (χ3n) is 4.36. The smallest absolute Gasteiger partial charge is 0.170 e. The van der Waals surface area contributed by atoms with E-state index in [1.54, 1.807) is 0 Å². The van der Waals surface area contributed by atoms with E-state index in [1.165, 1.54) is 25.7 Å². The highest BCUT2D eigenvalue weighted by molar-refractivity contribution is 5.99. The summed E-state index contributed by atoms with van der Waals surface area (Å²) in [7, 11) is 0. The van der Waals surface area contributed by atoms with E-state index in [4.69, 9.17) is 4.74 Å². The summed E-state index contributed by atoms with van der Waals surface area (Å²) < 4.78 is 6.07. The van der Waals surface area contributed by atoms with Gasteiger partial charge in [-0.2, -0.15) is 0 Å². The zero-order valence-electron chi connectivity index (χ0n) is 10.9. The first-order valence-electron chi connectivity index (χ1n) is 7.03. The zero-order valence-corrected chi connectivity index (χ0v) is 10.9. The SMILES string of the molecule is CC1CCCC(C2CC(=O)c3ccccc3O2)C1. The Bertz CT molecular complexity index is 452. The lowest BCUT2D eigenvalue weighted by Gasteiger charge is -2.35. The minimum atomic E-state index is 0.107. The summed E-state index contributed by atoms with van der Waals surface area (Å²) >= 11 is 0. The maximum Gasteiger partial charge on any atom is 0.170 e. The van der Waals surface area contributed by atoms with Crippen LogP contribution >= 0.6 is 0 Å². The van der Waals surface area contributed by atoms with Gasteiger partial charge in [-0.05, 0) is 36.8 Å². The van der Waals surface area contributed by atoms with Gasteiger partial charge in [-0.1, -0.05) is 31.9 Å². The molecule has 1 aromatic rings. The Kier molecular flexibility index (Phi) is 3.11. The summed E-state index contributed by atoms with van der Waals surface area (Å²) in [5.74, 6) is 2.38. The molecule has 1 aromatic carbocycles. The van der Waals surface area contributed by atoms with Gasteiger partial charge < -0.3 is 4.74 Å². The summed E-state index contributed by atoms with van der Waals surface area (Å²) in [6, 6.07) is 7.64. The van der Waals surface area contributed by atoms with Gasteiger partial charge in [0.15, 0.2) is 5.78 Å². The molecule has 2 aliphatic rings. The third-order valence-corrected chi connectivity index (χ3v) is 4.36. The molecule has 0 bridgehead atoms. The number of hydrogen-bond donors (Lipinski definition) is 0. The Morgan fingerprint density at radius 1 is 1.22 bits per heavy atom. The Morgan fingerprint density at radius 3 is 2.89 bits per heavy atom. The van der Waals surface area contributed by atoms with E-state index < -0.39 is 0 Å². The quantitative estimate of drug-likeness (QED) is 0.750. The van der Waals surface area contributed by atoms with Crippen molar-refractivity contribution < 1.29 is 9.53 Å². The van der Waals surface area contributed by atoms with E-state index >= 15 is 0 Å². The van der Waals surface area contributed by atoms with Crippen LogP contribution < -0.4 is 4.74 Å². The highest BCUT2D eigenvalue weighted by atomic mass is 16.5. The summed E-state index contributed by atoms with van der Waals surface area (Å²) in [6.07, 6.45) is 5.70. The highest BCUT2D eigenvalue weighted by Crippen LogP contribution is 2.37. The van der Waals surface area contributed by atoms with Crippen LogP contribution in [0.1, 0.15) is 49.4 Å². The minimum absolute atomic E-state index is 0.107. The maximum absolute atomic E-state index is 12.1. The number of ether oxygens (including phenoxy) is 1. The molecule has 1 fully saturated rings. The van der Waals surface area contributed by atoms with E-state index in [9.17, 15) is 4.79 Å². The van der Waals surface area contributed by atoms with Gasteiger partial charge in [0.25, 0.3) is 0 Å². The summed E-state index contributed by atoms with van der Waals surface area (Å²) in [4.78, 5) is 12.1. The number of para-hydroxylation sites is 1. The van der Waals surface area contributed by atoms with Gasteiger partial charge in [-0.15, -0.1) is 0 Å². The normalized spacial score (nSPS) is 31.6. The first-order valence-corrected chi connectivity index (χ1v) is 7.03. The molecule has 3 atom stereocenters. The molecule has 0 N–H and O–H groups in total. The molecule has 1 saturated carbocycles. The van der Waals surface area contributed by atoms with Gasteiger partial charge in [0.2, 0.25) is 0 Å². The molecule has 1 aliphatic carbocycles. The molecule has 3 rings (SSSR count). The van der Waals surface area contributed by atoms with Crippen LogP contribution in [0.3, 0.4) is 0 Å². The van der Waals surface area contributed by atoms with Crippen LogP contribution in [-0.4, -0.2) is 11.9 Å². The lowest BCUT2D eigenvalue weighted by atomic mass is 9.77. The van der Waals surface area contributed by atoms with Crippen molar-refractivity contribution in [2.24, 2.45) is 11.8 Å². The van der Waals surface area contributed by atoms with E-state index in [0.29, 0.717) is 12.3 Å². The topological polar surface area (TPSA) is 26.3 Å². The lowest BCUT2D eigenvalue weighted by molar-refractivity contribution is 0.0598. The van der Waals surface area contributed by atoms with Crippen LogP contribution in [0.5, 0.6) is 5.75 Å². The van der Waals surface area contributed by atoms with E-state index in [1.807, 2.05) is 24.3 Å². The van der Waals surface area contributed by atoms with Crippen molar-refractivity contribution in [3.63, 3.8) is 0 Å². The monoisotopic (exact) mass is 244 g/mol. The second-order valence-electron chi connectivity index (χ2n) is 5.81. The summed E-state index contributed by atoms with van der Waals surface area (Å²) in [5, 5.41) is 0. The molecule has 2 nitrogen and oxygen atoms in total. The predicted molar refractivity (Wildman–Crippen MR) is 70.9 cm³/mol. The molecule has 18 heavy (non-hydrogen) atoms. The second-order valence-corrected chi connectivity index (χ2v) is 5.81. The Balaban J connectivity index is 1.79. The number of carbonyl (C=O) groups excluding carboxylic acids is 1. The van der Waals surface area contributed by atoms with Crippen molar-refractivity contribution in [1.29, 1.82) is 0 Å². The first-order chi connectivity index (χ1) is 8.74. The van der Waals surface area contributed by atoms with Crippen molar-refractivity contribution in [3.8, 4) is 5.75 Å². The molecule has 0 radical (unpaired) electrons. The van der Waals surface area contributed by atoms with Crippen LogP contribution in [-0.2, 0) is 0 Å². The standard InChI is InChI=1S/C16H20O2/c1-11-5-4-6-12(9-11)16-10-14(17)13-7-2-3-8-15(13)18-16/h2-3,7-8,11-12,16H,4-6,9-10H2,1H3. The molecule has 0 aromatic heterocycles. The first kappa shape index (κ1) is 11.8. The average molecular weight is 244 g/mol. The summed E-state index contributed by atoms with van der Waals surface area (Å²) in [5.41, 5.74) is 0.762. The van der Waals surface area contributed by atoms with Crippen molar-refractivity contribution in [3.05, 3.63) is 29.8 Å². The fourth-order valence-electron chi connectivity index (χ4n) is 3.38. The van der Waals surface area contributed by atoms with E-state index in [0.717, 1.165) is 17.2 Å².